The van der Waals surface area contributed by atoms with E-state index < -0.39 is 0 Å². The maximum Gasteiger partial charge on any atom is 0.197 e. The highest BCUT2D eigenvalue weighted by Gasteiger charge is 2.27. The van der Waals surface area contributed by atoms with E-state index in [1.807, 2.05) is 37.3 Å². The van der Waals surface area contributed by atoms with Crippen molar-refractivity contribution in [2.24, 2.45) is 0 Å². The van der Waals surface area contributed by atoms with E-state index in [1.54, 1.807) is 0 Å². The van der Waals surface area contributed by atoms with Crippen LogP contribution in [0.25, 0.3) is 0 Å². The van der Waals surface area contributed by atoms with Gasteiger partial charge in [-0.15, -0.1) is 0 Å². The summed E-state index contributed by atoms with van der Waals surface area (Å²) in [4.78, 5) is 0. The van der Waals surface area contributed by atoms with Crippen LogP contribution in [0.5, 0.6) is 5.75 Å². The third kappa shape index (κ3) is 2.20. The van der Waals surface area contributed by atoms with Crippen molar-refractivity contribution in [3.63, 3.8) is 0 Å². The smallest absolute Gasteiger partial charge is 0.197 e. The van der Waals surface area contributed by atoms with Crippen LogP contribution in [0.1, 0.15) is 6.92 Å². The van der Waals surface area contributed by atoms with E-state index in [0.717, 1.165) is 5.75 Å². The molecule has 3 nitrogen and oxygen atoms in total. The maximum atomic E-state index is 5.41. The van der Waals surface area contributed by atoms with Crippen LogP contribution >= 0.6 is 0 Å². The molecule has 3 heteroatoms. The van der Waals surface area contributed by atoms with E-state index in [0.29, 0.717) is 6.61 Å². The van der Waals surface area contributed by atoms with E-state index in [4.69, 9.17) is 14.2 Å². The summed E-state index contributed by atoms with van der Waals surface area (Å²) in [7, 11) is 0. The van der Waals surface area contributed by atoms with Crippen molar-refractivity contribution in [1.29, 1.82) is 0 Å². The lowest BCUT2D eigenvalue weighted by molar-refractivity contribution is -0.380. The fourth-order valence-electron chi connectivity index (χ4n) is 1.20. The van der Waals surface area contributed by atoms with Crippen LogP contribution in [0.15, 0.2) is 30.3 Å². The summed E-state index contributed by atoms with van der Waals surface area (Å²) >= 11 is 0. The Labute approximate surface area is 77.2 Å². The zero-order valence-electron chi connectivity index (χ0n) is 7.47. The van der Waals surface area contributed by atoms with Crippen molar-refractivity contribution in [1.82, 2.24) is 0 Å². The first-order valence-electron chi connectivity index (χ1n) is 4.33. The molecule has 0 amide bonds. The van der Waals surface area contributed by atoms with E-state index in [-0.39, 0.29) is 12.6 Å². The molecule has 1 aliphatic heterocycles. The molecule has 0 aliphatic carbocycles. The van der Waals surface area contributed by atoms with Gasteiger partial charge in [-0.1, -0.05) is 18.2 Å². The van der Waals surface area contributed by atoms with Crippen LogP contribution in [-0.2, 0) is 9.47 Å². The van der Waals surface area contributed by atoms with Crippen LogP contribution in [0.3, 0.4) is 0 Å². The number of hydrogen-bond acceptors (Lipinski definition) is 3. The second kappa shape index (κ2) is 3.77. The highest BCUT2D eigenvalue weighted by atomic mass is 16.9. The van der Waals surface area contributed by atoms with Gasteiger partial charge in [-0.25, -0.2) is 0 Å². The number of para-hydroxylation sites is 1. The third-order valence-electron chi connectivity index (χ3n) is 1.82. The van der Waals surface area contributed by atoms with Crippen LogP contribution in [0.2, 0.25) is 0 Å². The minimum Gasteiger partial charge on any atom is -0.488 e. The first kappa shape index (κ1) is 8.53. The van der Waals surface area contributed by atoms with Gasteiger partial charge >= 0.3 is 0 Å². The van der Waals surface area contributed by atoms with E-state index in [2.05, 4.69) is 0 Å². The van der Waals surface area contributed by atoms with Crippen molar-refractivity contribution in [3.8, 4) is 5.75 Å². The molecule has 1 aliphatic rings. The Kier molecular flexibility index (Phi) is 2.47. The molecule has 1 aromatic rings. The molecule has 0 N–H and O–H groups in total. The molecule has 0 radical (unpaired) electrons. The molecule has 13 heavy (non-hydrogen) atoms. The van der Waals surface area contributed by atoms with Gasteiger partial charge in [0.1, 0.15) is 12.4 Å². The molecule has 1 heterocycles. The summed E-state index contributed by atoms with van der Waals surface area (Å²) in [6, 6.07) is 9.62. The first-order chi connectivity index (χ1) is 6.34. The van der Waals surface area contributed by atoms with Crippen molar-refractivity contribution in [3.05, 3.63) is 30.3 Å². The standard InChI is InChI=1S/C10H12O3/c1-8-12-10(13-8)7-11-9-5-3-2-4-6-9/h2-6,8,10H,7H2,1H3. The normalized spacial score (nSPS) is 26.5. The highest BCUT2D eigenvalue weighted by Crippen LogP contribution is 2.17. The molecule has 0 saturated carbocycles. The summed E-state index contributed by atoms with van der Waals surface area (Å²) in [6.07, 6.45) is -0.278. The lowest BCUT2D eigenvalue weighted by Gasteiger charge is -2.33. The number of benzene rings is 1. The van der Waals surface area contributed by atoms with Crippen molar-refractivity contribution >= 4 is 0 Å². The molecular formula is C10H12O3. The number of rotatable bonds is 3. The zero-order chi connectivity index (χ0) is 9.10. The average Bonchev–Trinajstić information content (AvgIpc) is 2.12. The van der Waals surface area contributed by atoms with Crippen LogP contribution in [0.4, 0.5) is 0 Å². The van der Waals surface area contributed by atoms with Gasteiger partial charge in [-0.3, -0.25) is 0 Å². The summed E-state index contributed by atoms with van der Waals surface area (Å²) < 4.78 is 15.8. The van der Waals surface area contributed by atoms with Gasteiger partial charge in [0.2, 0.25) is 0 Å². The van der Waals surface area contributed by atoms with E-state index in [1.165, 1.54) is 0 Å². The average molecular weight is 180 g/mol. The molecule has 70 valence electrons. The van der Waals surface area contributed by atoms with E-state index >= 15 is 0 Å². The van der Waals surface area contributed by atoms with Gasteiger partial charge in [0.15, 0.2) is 12.6 Å². The molecular weight excluding hydrogens is 168 g/mol. The van der Waals surface area contributed by atoms with Gasteiger partial charge in [0, 0.05) is 0 Å². The van der Waals surface area contributed by atoms with Gasteiger partial charge < -0.3 is 14.2 Å². The molecule has 0 spiro atoms. The SMILES string of the molecule is CC1OC(COc2ccccc2)O1. The molecule has 0 bridgehead atoms. The lowest BCUT2D eigenvalue weighted by atomic mass is 10.3. The molecule has 1 saturated heterocycles. The van der Waals surface area contributed by atoms with Crippen LogP contribution in [-0.4, -0.2) is 19.2 Å². The highest BCUT2D eigenvalue weighted by molar-refractivity contribution is 5.20. The van der Waals surface area contributed by atoms with E-state index in [9.17, 15) is 0 Å². The van der Waals surface area contributed by atoms with Gasteiger partial charge in [0.05, 0.1) is 0 Å². The summed E-state index contributed by atoms with van der Waals surface area (Å²) in [5, 5.41) is 0. The summed E-state index contributed by atoms with van der Waals surface area (Å²) in [6.45, 7) is 2.31. The zero-order valence-corrected chi connectivity index (χ0v) is 7.47. The Hall–Kier alpha value is -1.06. The predicted octanol–water partition coefficient (Wildman–Crippen LogP) is 1.78. The number of ether oxygens (including phenoxy) is 3. The third-order valence-corrected chi connectivity index (χ3v) is 1.82. The fourth-order valence-corrected chi connectivity index (χ4v) is 1.20. The Morgan fingerprint density at radius 2 is 1.92 bits per heavy atom. The van der Waals surface area contributed by atoms with Crippen LogP contribution in [0, 0.1) is 0 Å². The molecule has 1 aromatic carbocycles. The summed E-state index contributed by atoms with van der Waals surface area (Å²) in [5.41, 5.74) is 0. The van der Waals surface area contributed by atoms with Crippen LogP contribution < -0.4 is 4.74 Å². The van der Waals surface area contributed by atoms with Gasteiger partial charge in [-0.2, -0.15) is 0 Å². The second-order valence-corrected chi connectivity index (χ2v) is 2.89. The fraction of sp³-hybridized carbons (Fsp3) is 0.400. The monoisotopic (exact) mass is 180 g/mol. The Balaban J connectivity index is 1.74. The van der Waals surface area contributed by atoms with Crippen molar-refractivity contribution < 1.29 is 14.2 Å². The predicted molar refractivity (Wildman–Crippen MR) is 47.4 cm³/mol. The summed E-state index contributed by atoms with van der Waals surface area (Å²) in [5.74, 6) is 0.842. The largest absolute Gasteiger partial charge is 0.488 e. The minimum absolute atomic E-state index is 0.0793. The maximum absolute atomic E-state index is 5.41. The van der Waals surface area contributed by atoms with Gasteiger partial charge in [0.25, 0.3) is 0 Å². The second-order valence-electron chi connectivity index (χ2n) is 2.89. The van der Waals surface area contributed by atoms with Crippen molar-refractivity contribution in [2.75, 3.05) is 6.61 Å². The Morgan fingerprint density at radius 3 is 2.54 bits per heavy atom. The quantitative estimate of drug-likeness (QED) is 0.709. The molecule has 2 rings (SSSR count). The first-order valence-corrected chi connectivity index (χ1v) is 4.33. The lowest BCUT2D eigenvalue weighted by Crippen LogP contribution is -2.42. The Morgan fingerprint density at radius 1 is 1.23 bits per heavy atom. The molecule has 0 atom stereocenters. The van der Waals surface area contributed by atoms with Crippen molar-refractivity contribution in [2.45, 2.75) is 19.5 Å². The molecule has 0 aromatic heterocycles. The molecule has 1 fully saturated rings. The molecule has 0 unspecified atom stereocenters. The Bertz CT molecular complexity index is 254. The van der Waals surface area contributed by atoms with Gasteiger partial charge in [-0.05, 0) is 19.1 Å². The minimum atomic E-state index is -0.199. The topological polar surface area (TPSA) is 27.7 Å². The number of hydrogen-bond donors (Lipinski definition) is 0.